The lowest BCUT2D eigenvalue weighted by Crippen LogP contribution is -1.94. The van der Waals surface area contributed by atoms with Crippen molar-refractivity contribution in [2.75, 3.05) is 0 Å². The molecule has 0 aliphatic heterocycles. The summed E-state index contributed by atoms with van der Waals surface area (Å²) in [4.78, 5) is 0. The highest BCUT2D eigenvalue weighted by Crippen LogP contribution is 2.26. The third kappa shape index (κ3) is 5.27. The van der Waals surface area contributed by atoms with Gasteiger partial charge in [0.15, 0.2) is 0 Å². The van der Waals surface area contributed by atoms with Crippen molar-refractivity contribution in [1.82, 2.24) is 0 Å². The number of benzene rings is 3. The fraction of sp³-hybridized carbons (Fsp3) is 0.103. The van der Waals surface area contributed by atoms with Crippen LogP contribution in [0, 0.1) is 36.5 Å². The first kappa shape index (κ1) is 21.6. The summed E-state index contributed by atoms with van der Waals surface area (Å²) in [7, 11) is 0. The van der Waals surface area contributed by atoms with Gasteiger partial charge in [0, 0.05) is 5.57 Å². The number of hydrogen-bond donors (Lipinski definition) is 0. The van der Waals surface area contributed by atoms with E-state index in [0.29, 0.717) is 11.1 Å². The van der Waals surface area contributed by atoms with E-state index in [4.69, 9.17) is 10.5 Å². The van der Waals surface area contributed by atoms with Crippen LogP contribution in [0.4, 0.5) is 0 Å². The van der Waals surface area contributed by atoms with E-state index < -0.39 is 0 Å². The second-order valence-corrected chi connectivity index (χ2v) is 7.66. The van der Waals surface area contributed by atoms with Crippen LogP contribution in [0.15, 0.2) is 91.5 Å². The summed E-state index contributed by atoms with van der Waals surface area (Å²) in [5, 5.41) is 17.8. The fourth-order valence-electron chi connectivity index (χ4n) is 3.64. The van der Waals surface area contributed by atoms with Gasteiger partial charge < -0.3 is 0 Å². The zero-order valence-electron chi connectivity index (χ0n) is 17.9. The van der Waals surface area contributed by atoms with Crippen LogP contribution >= 0.6 is 0 Å². The van der Waals surface area contributed by atoms with Gasteiger partial charge in [-0.2, -0.15) is 10.5 Å². The van der Waals surface area contributed by atoms with Crippen LogP contribution in [0.25, 0.3) is 16.7 Å². The summed E-state index contributed by atoms with van der Waals surface area (Å²) in [5.74, 6) is 0. The Morgan fingerprint density at radius 2 is 1.48 bits per heavy atom. The molecule has 0 unspecified atom stereocenters. The summed E-state index contributed by atoms with van der Waals surface area (Å²) in [5.41, 5.74) is 10.2. The first-order valence-electron chi connectivity index (χ1n) is 10.1. The number of aryl methyl sites for hydroxylation is 2. The summed E-state index contributed by atoms with van der Waals surface area (Å²) in [6.07, 6.45) is 4.37. The van der Waals surface area contributed by atoms with Gasteiger partial charge in [-0.1, -0.05) is 67.8 Å². The minimum Gasteiger partial charge on any atom is -0.192 e. The predicted octanol–water partition coefficient (Wildman–Crippen LogP) is 7.08. The van der Waals surface area contributed by atoms with Crippen LogP contribution in [-0.4, -0.2) is 0 Å². The van der Waals surface area contributed by atoms with E-state index in [2.05, 4.69) is 69.5 Å². The third-order valence-corrected chi connectivity index (χ3v) is 5.29. The summed E-state index contributed by atoms with van der Waals surface area (Å²) < 4.78 is 0. The molecule has 150 valence electrons. The van der Waals surface area contributed by atoms with E-state index >= 15 is 0 Å². The molecule has 0 amide bonds. The molecule has 0 atom stereocenters. The van der Waals surface area contributed by atoms with E-state index in [0.717, 1.165) is 28.7 Å². The van der Waals surface area contributed by atoms with Crippen LogP contribution in [0.1, 0.15) is 33.4 Å². The van der Waals surface area contributed by atoms with Gasteiger partial charge in [0.05, 0.1) is 17.7 Å². The van der Waals surface area contributed by atoms with Gasteiger partial charge in [0.2, 0.25) is 0 Å². The number of nitrogens with zero attached hydrogens (tertiary/aromatic N) is 2. The minimum absolute atomic E-state index is 0.412. The molecular weight excluding hydrogens is 376 g/mol. The molecule has 0 aliphatic rings. The first-order valence-corrected chi connectivity index (χ1v) is 10.1. The van der Waals surface area contributed by atoms with Crippen molar-refractivity contribution >= 4 is 5.57 Å². The van der Waals surface area contributed by atoms with E-state index in [1.807, 2.05) is 36.4 Å². The highest BCUT2D eigenvalue weighted by atomic mass is 14.2. The molecule has 0 fully saturated rings. The Morgan fingerprint density at radius 3 is 2.06 bits per heavy atom. The lowest BCUT2D eigenvalue weighted by molar-refractivity contribution is 1.17. The molecule has 0 radical (unpaired) electrons. The standard InChI is InChI=1S/C29H24N2/c1-20(18-30)5-6-21(2)28-13-9-25(15-22(28)3)17-26-10-14-29(23(4)16-26)27-11-7-24(19-31)8-12-27/h5-16H,1-2,17H2,3-4H3. The van der Waals surface area contributed by atoms with Crippen molar-refractivity contribution in [3.05, 3.63) is 125 Å². The Morgan fingerprint density at radius 1 is 0.839 bits per heavy atom. The van der Waals surface area contributed by atoms with Crippen molar-refractivity contribution in [3.8, 4) is 23.3 Å². The molecule has 2 nitrogen and oxygen atoms in total. The summed E-state index contributed by atoms with van der Waals surface area (Å²) in [6, 6.07) is 24.8. The van der Waals surface area contributed by atoms with Gasteiger partial charge >= 0.3 is 0 Å². The van der Waals surface area contributed by atoms with Gasteiger partial charge in [0.25, 0.3) is 0 Å². The Labute approximate surface area is 184 Å². The molecule has 0 saturated heterocycles. The minimum atomic E-state index is 0.412. The van der Waals surface area contributed by atoms with Gasteiger partial charge in [-0.3, -0.25) is 0 Å². The molecule has 0 aromatic heterocycles. The Balaban J connectivity index is 1.77. The van der Waals surface area contributed by atoms with Crippen LogP contribution in [-0.2, 0) is 6.42 Å². The highest BCUT2D eigenvalue weighted by molar-refractivity contribution is 5.75. The quantitative estimate of drug-likeness (QED) is 0.328. The molecule has 0 heterocycles. The summed E-state index contributed by atoms with van der Waals surface area (Å²) in [6.45, 7) is 12.0. The van der Waals surface area contributed by atoms with Crippen molar-refractivity contribution < 1.29 is 0 Å². The molecule has 0 spiro atoms. The van der Waals surface area contributed by atoms with Crippen LogP contribution < -0.4 is 0 Å². The molecule has 2 heteroatoms. The molecule has 3 aromatic carbocycles. The molecule has 0 N–H and O–H groups in total. The molecule has 0 saturated carbocycles. The number of allylic oxidation sites excluding steroid dienone is 4. The third-order valence-electron chi connectivity index (χ3n) is 5.29. The lowest BCUT2D eigenvalue weighted by atomic mass is 9.93. The van der Waals surface area contributed by atoms with Gasteiger partial charge in [-0.25, -0.2) is 0 Å². The van der Waals surface area contributed by atoms with E-state index in [1.54, 1.807) is 6.08 Å². The molecule has 31 heavy (non-hydrogen) atoms. The van der Waals surface area contributed by atoms with Crippen molar-refractivity contribution in [1.29, 1.82) is 10.5 Å². The maximum Gasteiger partial charge on any atom is 0.0991 e. The number of rotatable bonds is 6. The van der Waals surface area contributed by atoms with Crippen LogP contribution in [0.3, 0.4) is 0 Å². The lowest BCUT2D eigenvalue weighted by Gasteiger charge is -2.11. The second kappa shape index (κ2) is 9.57. The molecule has 0 bridgehead atoms. The number of hydrogen-bond acceptors (Lipinski definition) is 2. The number of nitriles is 2. The Hall–Kier alpha value is -4.14. The molecule has 3 rings (SSSR count). The predicted molar refractivity (Wildman–Crippen MR) is 128 cm³/mol. The zero-order chi connectivity index (χ0) is 22.4. The molecular formula is C29H24N2. The van der Waals surface area contributed by atoms with Crippen LogP contribution in [0.5, 0.6) is 0 Å². The van der Waals surface area contributed by atoms with Crippen molar-refractivity contribution in [3.63, 3.8) is 0 Å². The highest BCUT2D eigenvalue weighted by Gasteiger charge is 2.07. The smallest absolute Gasteiger partial charge is 0.0991 e. The SMILES string of the molecule is C=C(C#N)C=CC(=C)c1ccc(Cc2ccc(-c3ccc(C#N)cc3)c(C)c2)cc1C. The van der Waals surface area contributed by atoms with Crippen molar-refractivity contribution in [2.24, 2.45) is 0 Å². The van der Waals surface area contributed by atoms with E-state index in [-0.39, 0.29) is 0 Å². The topological polar surface area (TPSA) is 47.6 Å². The van der Waals surface area contributed by atoms with Gasteiger partial charge in [-0.15, -0.1) is 0 Å². The monoisotopic (exact) mass is 400 g/mol. The second-order valence-electron chi connectivity index (χ2n) is 7.66. The van der Waals surface area contributed by atoms with E-state index in [1.165, 1.54) is 22.3 Å². The fourth-order valence-corrected chi connectivity index (χ4v) is 3.64. The van der Waals surface area contributed by atoms with Crippen molar-refractivity contribution in [2.45, 2.75) is 20.3 Å². The van der Waals surface area contributed by atoms with Gasteiger partial charge in [-0.05, 0) is 83.0 Å². The maximum absolute atomic E-state index is 8.98. The van der Waals surface area contributed by atoms with Gasteiger partial charge in [0.1, 0.15) is 0 Å². The summed E-state index contributed by atoms with van der Waals surface area (Å²) >= 11 is 0. The zero-order valence-corrected chi connectivity index (χ0v) is 17.9. The largest absolute Gasteiger partial charge is 0.192 e. The average molecular weight is 401 g/mol. The maximum atomic E-state index is 8.98. The normalized spacial score (nSPS) is 10.5. The van der Waals surface area contributed by atoms with E-state index in [9.17, 15) is 0 Å². The Bertz CT molecular complexity index is 1260. The Kier molecular flexibility index (Phi) is 6.66. The average Bonchev–Trinajstić information content (AvgIpc) is 2.77. The van der Waals surface area contributed by atoms with Crippen LogP contribution in [0.2, 0.25) is 0 Å². The molecule has 3 aromatic rings. The molecule has 0 aliphatic carbocycles. The first-order chi connectivity index (χ1) is 14.9.